The number of nitrogens with one attached hydrogen (secondary N) is 2. The molecule has 0 atom stereocenters. The summed E-state index contributed by atoms with van der Waals surface area (Å²) in [7, 11) is 1.65. The second kappa shape index (κ2) is 8.00. The summed E-state index contributed by atoms with van der Waals surface area (Å²) in [5.41, 5.74) is 0.443. The largest absolute Gasteiger partial charge is 0.383 e. The molecule has 6 heteroatoms. The van der Waals surface area contributed by atoms with E-state index in [1.165, 1.54) is 12.4 Å². The lowest BCUT2D eigenvalue weighted by Gasteiger charge is -2.07. The fourth-order valence-electron chi connectivity index (χ4n) is 1.22. The lowest BCUT2D eigenvalue weighted by Crippen LogP contribution is -2.33. The summed E-state index contributed by atoms with van der Waals surface area (Å²) in [5.74, 6) is -0.189. The van der Waals surface area contributed by atoms with E-state index in [1.807, 2.05) is 0 Å². The highest BCUT2D eigenvalue weighted by Crippen LogP contribution is 2.12. The van der Waals surface area contributed by atoms with Gasteiger partial charge < -0.3 is 15.4 Å². The van der Waals surface area contributed by atoms with Gasteiger partial charge in [0.25, 0.3) is 5.91 Å². The highest BCUT2D eigenvalue weighted by Gasteiger charge is 2.08. The monoisotopic (exact) mass is 257 g/mol. The van der Waals surface area contributed by atoms with Gasteiger partial charge in [0.05, 0.1) is 17.2 Å². The molecule has 5 nitrogen and oxygen atoms in total. The smallest absolute Gasteiger partial charge is 0.252 e. The third kappa shape index (κ3) is 5.12. The standard InChI is InChI=1S/C11H16ClN3O2/c1-17-7-6-13-4-5-15-11(16)9-2-3-14-8-10(9)12/h2-3,8,13H,4-7H2,1H3,(H,15,16). The Kier molecular flexibility index (Phi) is 6.54. The molecular formula is C11H16ClN3O2. The average molecular weight is 258 g/mol. The fourth-order valence-corrected chi connectivity index (χ4v) is 1.42. The Morgan fingerprint density at radius 3 is 3.00 bits per heavy atom. The van der Waals surface area contributed by atoms with E-state index in [4.69, 9.17) is 16.3 Å². The fraction of sp³-hybridized carbons (Fsp3) is 0.455. The van der Waals surface area contributed by atoms with E-state index in [1.54, 1.807) is 13.2 Å². The number of nitrogens with zero attached hydrogens (tertiary/aromatic N) is 1. The summed E-state index contributed by atoms with van der Waals surface area (Å²) in [6, 6.07) is 1.59. The van der Waals surface area contributed by atoms with Crippen LogP contribution in [0.1, 0.15) is 10.4 Å². The van der Waals surface area contributed by atoms with E-state index in [9.17, 15) is 4.79 Å². The number of carbonyl (C=O) groups is 1. The topological polar surface area (TPSA) is 63.2 Å². The van der Waals surface area contributed by atoms with Crippen molar-refractivity contribution >= 4 is 17.5 Å². The molecule has 0 saturated carbocycles. The molecular weight excluding hydrogens is 242 g/mol. The predicted octanol–water partition coefficient (Wildman–Crippen LogP) is 0.701. The molecule has 2 N–H and O–H groups in total. The second-order valence-electron chi connectivity index (χ2n) is 3.35. The first-order valence-corrected chi connectivity index (χ1v) is 5.71. The van der Waals surface area contributed by atoms with Crippen LogP contribution in [0.4, 0.5) is 0 Å². The average Bonchev–Trinajstić information content (AvgIpc) is 2.34. The van der Waals surface area contributed by atoms with E-state index in [2.05, 4.69) is 15.6 Å². The molecule has 0 bridgehead atoms. The van der Waals surface area contributed by atoms with Crippen molar-refractivity contribution in [3.63, 3.8) is 0 Å². The van der Waals surface area contributed by atoms with Crippen LogP contribution < -0.4 is 10.6 Å². The summed E-state index contributed by atoms with van der Waals surface area (Å²) in [4.78, 5) is 15.5. The van der Waals surface area contributed by atoms with Gasteiger partial charge in [0, 0.05) is 39.1 Å². The van der Waals surface area contributed by atoms with Crippen molar-refractivity contribution < 1.29 is 9.53 Å². The zero-order valence-electron chi connectivity index (χ0n) is 9.70. The Morgan fingerprint density at radius 1 is 1.47 bits per heavy atom. The Hall–Kier alpha value is -1.17. The van der Waals surface area contributed by atoms with E-state index in [-0.39, 0.29) is 5.91 Å². The van der Waals surface area contributed by atoms with Gasteiger partial charge in [-0.2, -0.15) is 0 Å². The number of halogens is 1. The van der Waals surface area contributed by atoms with Crippen LogP contribution in [0, 0.1) is 0 Å². The first-order chi connectivity index (χ1) is 8.25. The Morgan fingerprint density at radius 2 is 2.29 bits per heavy atom. The maximum absolute atomic E-state index is 11.7. The van der Waals surface area contributed by atoms with Gasteiger partial charge >= 0.3 is 0 Å². The molecule has 0 aliphatic heterocycles. The molecule has 17 heavy (non-hydrogen) atoms. The highest BCUT2D eigenvalue weighted by atomic mass is 35.5. The molecule has 0 unspecified atom stereocenters. The van der Waals surface area contributed by atoms with Crippen LogP contribution in [0.5, 0.6) is 0 Å². The van der Waals surface area contributed by atoms with Crippen molar-refractivity contribution in [1.82, 2.24) is 15.6 Å². The number of methoxy groups -OCH3 is 1. The third-order valence-corrected chi connectivity index (χ3v) is 2.39. The number of ether oxygens (including phenoxy) is 1. The lowest BCUT2D eigenvalue weighted by molar-refractivity contribution is 0.0953. The molecule has 0 saturated heterocycles. The van der Waals surface area contributed by atoms with Gasteiger partial charge in [0.1, 0.15) is 0 Å². The van der Waals surface area contributed by atoms with E-state index < -0.39 is 0 Å². The molecule has 0 aromatic carbocycles. The van der Waals surface area contributed by atoms with Gasteiger partial charge in [-0.3, -0.25) is 9.78 Å². The van der Waals surface area contributed by atoms with Gasteiger partial charge in [-0.15, -0.1) is 0 Å². The number of amides is 1. The summed E-state index contributed by atoms with van der Waals surface area (Å²) in [6.07, 6.45) is 2.99. The van der Waals surface area contributed by atoms with Gasteiger partial charge in [-0.05, 0) is 6.07 Å². The Balaban J connectivity index is 2.24. The molecule has 0 aliphatic carbocycles. The molecule has 0 aliphatic rings. The number of rotatable bonds is 7. The molecule has 1 rings (SSSR count). The number of aromatic nitrogens is 1. The minimum absolute atomic E-state index is 0.189. The first-order valence-electron chi connectivity index (χ1n) is 5.33. The SMILES string of the molecule is COCCNCCNC(=O)c1ccncc1Cl. The van der Waals surface area contributed by atoms with Crippen molar-refractivity contribution in [2.75, 3.05) is 33.4 Å². The van der Waals surface area contributed by atoms with Crippen LogP contribution in [0.2, 0.25) is 5.02 Å². The Bertz CT molecular complexity index is 360. The Labute approximate surface area is 106 Å². The van der Waals surface area contributed by atoms with Gasteiger partial charge in [-0.1, -0.05) is 11.6 Å². The lowest BCUT2D eigenvalue weighted by atomic mass is 10.2. The maximum atomic E-state index is 11.7. The van der Waals surface area contributed by atoms with Gasteiger partial charge in [0.2, 0.25) is 0 Å². The molecule has 1 aromatic heterocycles. The molecule has 0 radical (unpaired) electrons. The minimum Gasteiger partial charge on any atom is -0.383 e. The number of hydrogen-bond donors (Lipinski definition) is 2. The quantitative estimate of drug-likeness (QED) is 0.706. The zero-order valence-corrected chi connectivity index (χ0v) is 10.5. The van der Waals surface area contributed by atoms with Crippen molar-refractivity contribution in [1.29, 1.82) is 0 Å². The van der Waals surface area contributed by atoms with E-state index in [0.29, 0.717) is 30.3 Å². The maximum Gasteiger partial charge on any atom is 0.252 e. The summed E-state index contributed by atoms with van der Waals surface area (Å²) in [5, 5.41) is 6.24. The number of hydrogen-bond acceptors (Lipinski definition) is 4. The molecule has 94 valence electrons. The van der Waals surface area contributed by atoms with E-state index >= 15 is 0 Å². The van der Waals surface area contributed by atoms with Gasteiger partial charge in [-0.25, -0.2) is 0 Å². The molecule has 0 fully saturated rings. The number of pyridine rings is 1. The van der Waals surface area contributed by atoms with Crippen molar-refractivity contribution in [2.24, 2.45) is 0 Å². The predicted molar refractivity (Wildman–Crippen MR) is 66.3 cm³/mol. The van der Waals surface area contributed by atoms with Crippen LogP contribution in [0.3, 0.4) is 0 Å². The van der Waals surface area contributed by atoms with Crippen LogP contribution in [0.25, 0.3) is 0 Å². The van der Waals surface area contributed by atoms with Crippen molar-refractivity contribution in [3.8, 4) is 0 Å². The number of carbonyl (C=O) groups excluding carboxylic acids is 1. The minimum atomic E-state index is -0.189. The molecule has 0 spiro atoms. The molecule has 1 heterocycles. The van der Waals surface area contributed by atoms with Crippen molar-refractivity contribution in [2.45, 2.75) is 0 Å². The molecule has 1 amide bonds. The van der Waals surface area contributed by atoms with E-state index in [0.717, 1.165) is 6.54 Å². The summed E-state index contributed by atoms with van der Waals surface area (Å²) in [6.45, 7) is 2.66. The third-order valence-electron chi connectivity index (χ3n) is 2.09. The van der Waals surface area contributed by atoms with Crippen LogP contribution in [-0.2, 0) is 4.74 Å². The second-order valence-corrected chi connectivity index (χ2v) is 3.76. The normalized spacial score (nSPS) is 10.2. The van der Waals surface area contributed by atoms with Crippen LogP contribution in [0.15, 0.2) is 18.5 Å². The highest BCUT2D eigenvalue weighted by molar-refractivity contribution is 6.33. The van der Waals surface area contributed by atoms with Gasteiger partial charge in [0.15, 0.2) is 0 Å². The zero-order chi connectivity index (χ0) is 12.5. The van der Waals surface area contributed by atoms with Crippen LogP contribution in [-0.4, -0.2) is 44.2 Å². The summed E-state index contributed by atoms with van der Waals surface area (Å²) < 4.78 is 4.88. The van der Waals surface area contributed by atoms with Crippen molar-refractivity contribution in [3.05, 3.63) is 29.0 Å². The van der Waals surface area contributed by atoms with Crippen LogP contribution >= 0.6 is 11.6 Å². The summed E-state index contributed by atoms with van der Waals surface area (Å²) >= 11 is 5.84. The molecule has 1 aromatic rings. The first kappa shape index (κ1) is 13.9.